The van der Waals surface area contributed by atoms with Gasteiger partial charge in [0.05, 0.1) is 37.9 Å². The molecule has 0 saturated heterocycles. The van der Waals surface area contributed by atoms with Gasteiger partial charge < -0.3 is 19.7 Å². The topological polar surface area (TPSA) is 76.0 Å². The third-order valence-corrected chi connectivity index (χ3v) is 9.00. The fraction of sp³-hybridized carbons (Fsp3) is 0.423. The number of halogens is 4. The van der Waals surface area contributed by atoms with Crippen LogP contribution in [0.5, 0.6) is 0 Å². The maximum atomic E-state index is 13.6. The minimum absolute atomic E-state index is 0.00639. The minimum Gasteiger partial charge on any atom is -0.389 e. The summed E-state index contributed by atoms with van der Waals surface area (Å²) in [5.74, 6) is -0.288. The Morgan fingerprint density at radius 1 is 0.886 bits per heavy atom. The molecule has 188 valence electrons. The van der Waals surface area contributed by atoms with Crippen molar-refractivity contribution in [3.05, 3.63) is 79.3 Å². The zero-order chi connectivity index (χ0) is 25.6. The highest BCUT2D eigenvalue weighted by Crippen LogP contribution is 2.62. The smallest absolute Gasteiger partial charge is 0.170 e. The number of aliphatic hydroxyl groups excluding tert-OH is 1. The predicted octanol–water partition coefficient (Wildman–Crippen LogP) is 6.05. The van der Waals surface area contributed by atoms with E-state index in [2.05, 4.69) is 0 Å². The lowest BCUT2D eigenvalue weighted by atomic mass is 9.62. The first-order chi connectivity index (χ1) is 16.4. The summed E-state index contributed by atoms with van der Waals surface area (Å²) in [5, 5.41) is 23.9. The quantitative estimate of drug-likeness (QED) is 0.411. The van der Waals surface area contributed by atoms with Crippen molar-refractivity contribution in [1.29, 1.82) is 0 Å². The molecule has 1 saturated carbocycles. The highest BCUT2D eigenvalue weighted by atomic mass is 35.5. The van der Waals surface area contributed by atoms with Crippen LogP contribution in [-0.4, -0.2) is 40.9 Å². The Morgan fingerprint density at radius 2 is 1.34 bits per heavy atom. The first-order valence-corrected chi connectivity index (χ1v) is 12.6. The second-order valence-electron chi connectivity index (χ2n) is 9.59. The fourth-order valence-electron chi connectivity index (χ4n) is 5.15. The van der Waals surface area contributed by atoms with E-state index < -0.39 is 22.5 Å². The van der Waals surface area contributed by atoms with E-state index in [1.54, 1.807) is 50.2 Å². The Bertz CT molecular complexity index is 1140. The zero-order valence-corrected chi connectivity index (χ0v) is 22.3. The lowest BCUT2D eigenvalue weighted by molar-refractivity contribution is -0.160. The minimum atomic E-state index is -1.59. The molecule has 4 atom stereocenters. The van der Waals surface area contributed by atoms with E-state index in [4.69, 9.17) is 55.9 Å². The summed E-state index contributed by atoms with van der Waals surface area (Å²) >= 11 is 25.1. The zero-order valence-electron chi connectivity index (χ0n) is 19.3. The molecule has 0 unspecified atom stereocenters. The third kappa shape index (κ3) is 4.45. The average Bonchev–Trinajstić information content (AvgIpc) is 3.16. The Balaban J connectivity index is 1.59. The molecule has 0 spiro atoms. The molecule has 0 aromatic heterocycles. The fourth-order valence-corrected chi connectivity index (χ4v) is 6.16. The van der Waals surface area contributed by atoms with E-state index in [-0.39, 0.29) is 44.2 Å². The van der Waals surface area contributed by atoms with Gasteiger partial charge in [0.1, 0.15) is 5.60 Å². The highest BCUT2D eigenvalue weighted by molar-refractivity contribution is 6.36. The molecule has 35 heavy (non-hydrogen) atoms. The number of ether oxygens (including phenoxy) is 2. The van der Waals surface area contributed by atoms with Crippen LogP contribution in [0.15, 0.2) is 48.0 Å². The molecule has 2 N–H and O–H groups in total. The van der Waals surface area contributed by atoms with E-state index in [9.17, 15) is 15.0 Å². The van der Waals surface area contributed by atoms with Gasteiger partial charge in [-0.05, 0) is 37.3 Å². The van der Waals surface area contributed by atoms with Gasteiger partial charge in [0.2, 0.25) is 0 Å². The van der Waals surface area contributed by atoms with Crippen molar-refractivity contribution in [1.82, 2.24) is 0 Å². The second-order valence-corrected chi connectivity index (χ2v) is 11.2. The monoisotopic (exact) mass is 558 g/mol. The Labute approximate surface area is 224 Å². The van der Waals surface area contributed by atoms with Crippen LogP contribution >= 0.6 is 46.4 Å². The van der Waals surface area contributed by atoms with Crippen LogP contribution < -0.4 is 0 Å². The first-order valence-electron chi connectivity index (χ1n) is 11.1. The molecule has 9 heteroatoms. The summed E-state index contributed by atoms with van der Waals surface area (Å²) in [6, 6.07) is 10.3. The molecule has 2 aromatic rings. The van der Waals surface area contributed by atoms with Gasteiger partial charge in [0, 0.05) is 48.6 Å². The van der Waals surface area contributed by atoms with Crippen LogP contribution in [0.4, 0.5) is 0 Å². The van der Waals surface area contributed by atoms with Gasteiger partial charge in [-0.15, -0.1) is 0 Å². The summed E-state index contributed by atoms with van der Waals surface area (Å²) in [6.45, 7) is 3.69. The van der Waals surface area contributed by atoms with Crippen molar-refractivity contribution in [3.63, 3.8) is 0 Å². The molecular weight excluding hydrogens is 534 g/mol. The lowest BCUT2D eigenvalue weighted by Gasteiger charge is -2.46. The number of carbonyl (C=O) groups is 1. The number of hydrogen-bond donors (Lipinski definition) is 2. The predicted molar refractivity (Wildman–Crippen MR) is 137 cm³/mol. The van der Waals surface area contributed by atoms with Crippen LogP contribution in [0.2, 0.25) is 20.1 Å². The van der Waals surface area contributed by atoms with Crippen LogP contribution in [-0.2, 0) is 27.5 Å². The number of aliphatic hydroxyl groups is 2. The maximum Gasteiger partial charge on any atom is 0.170 e. The molecule has 2 aromatic carbocycles. The third-order valence-electron chi connectivity index (χ3n) is 7.58. The van der Waals surface area contributed by atoms with Crippen molar-refractivity contribution in [2.75, 3.05) is 13.2 Å². The van der Waals surface area contributed by atoms with Crippen LogP contribution in [0.3, 0.4) is 0 Å². The van der Waals surface area contributed by atoms with Crippen LogP contribution in [0.25, 0.3) is 0 Å². The van der Waals surface area contributed by atoms with E-state index in [1.165, 1.54) is 6.08 Å². The molecule has 0 bridgehead atoms. The molecule has 0 aliphatic heterocycles. The number of rotatable bonds is 8. The second kappa shape index (κ2) is 9.96. The van der Waals surface area contributed by atoms with Gasteiger partial charge in [-0.1, -0.05) is 65.5 Å². The highest BCUT2D eigenvalue weighted by Gasteiger charge is 2.72. The van der Waals surface area contributed by atoms with Gasteiger partial charge in [-0.3, -0.25) is 4.79 Å². The van der Waals surface area contributed by atoms with E-state index in [0.717, 1.165) is 0 Å². The average molecular weight is 560 g/mol. The Morgan fingerprint density at radius 3 is 1.83 bits per heavy atom. The summed E-state index contributed by atoms with van der Waals surface area (Å²) in [7, 11) is 0. The molecule has 0 amide bonds. The van der Waals surface area contributed by atoms with Crippen molar-refractivity contribution < 1.29 is 24.5 Å². The summed E-state index contributed by atoms with van der Waals surface area (Å²) in [5.41, 5.74) is -2.46. The molecule has 5 nitrogen and oxygen atoms in total. The number of hydrogen-bond acceptors (Lipinski definition) is 5. The largest absolute Gasteiger partial charge is 0.389 e. The van der Waals surface area contributed by atoms with Crippen LogP contribution in [0.1, 0.15) is 31.4 Å². The van der Waals surface area contributed by atoms with E-state index in [0.29, 0.717) is 31.2 Å². The SMILES string of the molecule is C[C@]1(COCc2c(Cl)cccc2Cl)[C@@](C)(COCc2c(Cl)cccc2Cl)C(=O)C2=C[C@H](O)C[C@]21O. The number of carbonyl (C=O) groups excluding carboxylic acids is 1. The van der Waals surface area contributed by atoms with Crippen LogP contribution in [0, 0.1) is 10.8 Å². The Hall–Kier alpha value is -1.15. The number of fused-ring (bicyclic) bond motifs is 1. The van der Waals surface area contributed by atoms with E-state index in [1.807, 2.05) is 0 Å². The van der Waals surface area contributed by atoms with E-state index >= 15 is 0 Å². The molecule has 1 fully saturated rings. The van der Waals surface area contributed by atoms with Gasteiger partial charge in [-0.2, -0.15) is 0 Å². The summed E-state index contributed by atoms with van der Waals surface area (Å²) in [6.07, 6.45) is 0.498. The van der Waals surface area contributed by atoms with Crippen molar-refractivity contribution in [3.8, 4) is 0 Å². The van der Waals surface area contributed by atoms with Crippen molar-refractivity contribution in [2.45, 2.75) is 45.2 Å². The van der Waals surface area contributed by atoms with Gasteiger partial charge >= 0.3 is 0 Å². The molecule has 2 aliphatic rings. The van der Waals surface area contributed by atoms with Gasteiger partial charge in [0.25, 0.3) is 0 Å². The standard InChI is InChI=1S/C26H26Cl4O5/c1-24(13-34-11-16-19(27)5-3-6-20(16)28)23(32)18-9-15(31)10-26(18,33)25(24,2)14-35-12-17-21(29)7-4-8-22(17)30/h3-9,15,31,33H,10-14H2,1-2H3/t15-,24-,25-,26-/m0/s1. The first kappa shape index (κ1) is 26.9. The van der Waals surface area contributed by atoms with Gasteiger partial charge in [-0.25, -0.2) is 0 Å². The van der Waals surface area contributed by atoms with Crippen molar-refractivity contribution >= 4 is 52.2 Å². The molecule has 0 heterocycles. The molecule has 4 rings (SSSR count). The lowest BCUT2D eigenvalue weighted by Crippen LogP contribution is -2.54. The summed E-state index contributed by atoms with van der Waals surface area (Å²) < 4.78 is 12.0. The normalized spacial score (nSPS) is 30.0. The maximum absolute atomic E-state index is 13.6. The molecule has 2 aliphatic carbocycles. The van der Waals surface area contributed by atoms with Crippen molar-refractivity contribution in [2.24, 2.45) is 10.8 Å². The number of ketones is 1. The number of Topliss-reactive ketones (excluding diaryl/α,β-unsaturated/α-hetero) is 1. The van der Waals surface area contributed by atoms with Gasteiger partial charge in [0.15, 0.2) is 5.78 Å². The number of benzene rings is 2. The summed E-state index contributed by atoms with van der Waals surface area (Å²) in [4.78, 5) is 13.6. The molecular formula is C26H26Cl4O5. The Kier molecular flexibility index (Phi) is 7.65. The molecule has 0 radical (unpaired) electrons.